The number of halogens is 1. The lowest BCUT2D eigenvalue weighted by molar-refractivity contribution is 0.868. The van der Waals surface area contributed by atoms with Crippen molar-refractivity contribution in [3.63, 3.8) is 0 Å². The summed E-state index contributed by atoms with van der Waals surface area (Å²) in [5.74, 6) is 1.23. The van der Waals surface area contributed by atoms with Crippen molar-refractivity contribution in [1.29, 1.82) is 0 Å². The minimum atomic E-state index is -0.342. The number of anilines is 1. The molecule has 0 atom stereocenters. The number of nitrogens with zero attached hydrogens (tertiary/aromatic N) is 3. The Bertz CT molecular complexity index is 505. The predicted molar refractivity (Wildman–Crippen MR) is 57.4 cm³/mol. The van der Waals surface area contributed by atoms with Crippen molar-refractivity contribution in [1.82, 2.24) is 19.8 Å². The van der Waals surface area contributed by atoms with Crippen LogP contribution in [0.5, 0.6) is 0 Å². The Morgan fingerprint density at radius 3 is 3.20 bits per heavy atom. The summed E-state index contributed by atoms with van der Waals surface area (Å²) in [5.41, 5.74) is 0.161. The largest absolute Gasteiger partial charge is 0.369 e. The highest BCUT2D eigenvalue weighted by Crippen LogP contribution is 2.02. The van der Waals surface area contributed by atoms with Crippen LogP contribution in [-0.4, -0.2) is 32.2 Å². The van der Waals surface area contributed by atoms with Crippen LogP contribution >= 0.6 is 11.6 Å². The molecular formula is C8H10ClN5O. The summed E-state index contributed by atoms with van der Waals surface area (Å²) in [7, 11) is 0. The van der Waals surface area contributed by atoms with Crippen molar-refractivity contribution < 1.29 is 0 Å². The highest BCUT2D eigenvalue weighted by molar-refractivity contribution is 6.17. The molecule has 2 N–H and O–H groups in total. The fourth-order valence-electron chi connectivity index (χ4n) is 1.18. The second-order valence-corrected chi connectivity index (χ2v) is 3.36. The van der Waals surface area contributed by atoms with Gasteiger partial charge in [-0.05, 0) is 18.6 Å². The van der Waals surface area contributed by atoms with Gasteiger partial charge in [-0.2, -0.15) is 9.61 Å². The van der Waals surface area contributed by atoms with Gasteiger partial charge in [0, 0.05) is 12.4 Å². The molecule has 0 fully saturated rings. The number of aromatic amines is 1. The van der Waals surface area contributed by atoms with Gasteiger partial charge < -0.3 is 5.32 Å². The number of aromatic nitrogens is 4. The lowest BCUT2D eigenvalue weighted by Gasteiger charge is -2.02. The molecule has 2 aromatic rings. The van der Waals surface area contributed by atoms with Gasteiger partial charge in [-0.3, -0.25) is 0 Å². The lowest BCUT2D eigenvalue weighted by atomic mass is 10.4. The van der Waals surface area contributed by atoms with E-state index in [0.29, 0.717) is 17.3 Å². The number of alkyl halides is 1. The van der Waals surface area contributed by atoms with Gasteiger partial charge in [-0.1, -0.05) is 0 Å². The molecule has 6 nitrogen and oxygen atoms in total. The zero-order chi connectivity index (χ0) is 10.7. The van der Waals surface area contributed by atoms with Crippen molar-refractivity contribution in [2.24, 2.45) is 0 Å². The molecule has 0 aliphatic carbocycles. The van der Waals surface area contributed by atoms with Gasteiger partial charge in [0.05, 0.1) is 0 Å². The molecule has 0 spiro atoms. The Hall–Kier alpha value is -1.56. The van der Waals surface area contributed by atoms with Crippen molar-refractivity contribution in [2.75, 3.05) is 17.7 Å². The molecular weight excluding hydrogens is 218 g/mol. The molecule has 0 unspecified atom stereocenters. The predicted octanol–water partition coefficient (Wildman–Crippen LogP) is 0.458. The first-order valence-electron chi connectivity index (χ1n) is 4.55. The van der Waals surface area contributed by atoms with Crippen LogP contribution in [0.3, 0.4) is 0 Å². The van der Waals surface area contributed by atoms with Crippen molar-refractivity contribution in [3.8, 4) is 0 Å². The molecule has 0 radical (unpaired) electrons. The molecule has 2 rings (SSSR count). The van der Waals surface area contributed by atoms with Crippen LogP contribution in [0.4, 0.5) is 5.82 Å². The van der Waals surface area contributed by atoms with E-state index in [-0.39, 0.29) is 5.69 Å². The smallest absolute Gasteiger partial charge is 0.364 e. The van der Waals surface area contributed by atoms with Crippen LogP contribution < -0.4 is 11.0 Å². The zero-order valence-corrected chi connectivity index (χ0v) is 8.66. The number of rotatable bonds is 4. The van der Waals surface area contributed by atoms with Gasteiger partial charge in [0.1, 0.15) is 5.82 Å². The molecule has 2 aromatic heterocycles. The summed E-state index contributed by atoms with van der Waals surface area (Å²) < 4.78 is 1.21. The van der Waals surface area contributed by atoms with Crippen molar-refractivity contribution in [3.05, 3.63) is 22.6 Å². The quantitative estimate of drug-likeness (QED) is 0.588. The van der Waals surface area contributed by atoms with E-state index in [9.17, 15) is 4.79 Å². The Kier molecular flexibility index (Phi) is 2.86. The zero-order valence-electron chi connectivity index (χ0n) is 7.90. The SMILES string of the molecule is O=c1[nH]nc2ccc(NCCCCl)nn12. The standard InChI is InChI=1S/C8H10ClN5O/c9-4-1-5-10-6-2-3-7-11-12-8(15)14(7)13-6/h2-3H,1,4-5H2,(H,10,13)(H,12,15). The average molecular weight is 228 g/mol. The van der Waals surface area contributed by atoms with Gasteiger partial charge >= 0.3 is 5.69 Å². The maximum atomic E-state index is 11.2. The molecule has 0 bridgehead atoms. The highest BCUT2D eigenvalue weighted by atomic mass is 35.5. The molecule has 80 valence electrons. The Labute approximate surface area is 90.3 Å². The van der Waals surface area contributed by atoms with Gasteiger partial charge in [0.2, 0.25) is 0 Å². The van der Waals surface area contributed by atoms with Crippen LogP contribution in [0.15, 0.2) is 16.9 Å². The first-order valence-corrected chi connectivity index (χ1v) is 5.09. The van der Waals surface area contributed by atoms with E-state index in [4.69, 9.17) is 11.6 Å². The maximum Gasteiger partial charge on any atom is 0.364 e. The van der Waals surface area contributed by atoms with E-state index in [1.54, 1.807) is 12.1 Å². The molecule has 15 heavy (non-hydrogen) atoms. The third kappa shape index (κ3) is 2.10. The van der Waals surface area contributed by atoms with Crippen LogP contribution in [0.2, 0.25) is 0 Å². The minimum Gasteiger partial charge on any atom is -0.369 e. The number of hydrogen-bond acceptors (Lipinski definition) is 4. The van der Waals surface area contributed by atoms with Crippen molar-refractivity contribution in [2.45, 2.75) is 6.42 Å². The summed E-state index contributed by atoms with van der Waals surface area (Å²) in [5, 5.41) is 13.2. The second kappa shape index (κ2) is 4.31. The van der Waals surface area contributed by atoms with E-state index in [2.05, 4.69) is 20.6 Å². The third-order valence-corrected chi connectivity index (χ3v) is 2.16. The Morgan fingerprint density at radius 1 is 1.53 bits per heavy atom. The first kappa shape index (κ1) is 9.97. The summed E-state index contributed by atoms with van der Waals surface area (Å²) >= 11 is 5.54. The molecule has 0 saturated carbocycles. The Balaban J connectivity index is 2.22. The fourth-order valence-corrected chi connectivity index (χ4v) is 1.31. The molecule has 0 amide bonds. The third-order valence-electron chi connectivity index (χ3n) is 1.89. The maximum absolute atomic E-state index is 11.2. The summed E-state index contributed by atoms with van der Waals surface area (Å²) in [6, 6.07) is 3.48. The van der Waals surface area contributed by atoms with Crippen LogP contribution in [0.1, 0.15) is 6.42 Å². The van der Waals surface area contributed by atoms with Gasteiger partial charge in [0.15, 0.2) is 5.65 Å². The summed E-state index contributed by atoms with van der Waals surface area (Å²) in [4.78, 5) is 11.2. The molecule has 7 heteroatoms. The van der Waals surface area contributed by atoms with Crippen molar-refractivity contribution >= 4 is 23.1 Å². The number of fused-ring (bicyclic) bond motifs is 1. The lowest BCUT2D eigenvalue weighted by Crippen LogP contribution is -2.14. The van der Waals surface area contributed by atoms with Gasteiger partial charge in [-0.25, -0.2) is 9.89 Å². The van der Waals surface area contributed by atoms with Gasteiger partial charge in [0.25, 0.3) is 0 Å². The first-order chi connectivity index (χ1) is 7.31. The van der Waals surface area contributed by atoms with E-state index in [1.165, 1.54) is 4.52 Å². The average Bonchev–Trinajstić information content (AvgIpc) is 2.61. The number of hydrogen-bond donors (Lipinski definition) is 2. The molecule has 0 aliphatic heterocycles. The molecule has 0 aromatic carbocycles. The fraction of sp³-hybridized carbons (Fsp3) is 0.375. The second-order valence-electron chi connectivity index (χ2n) is 2.99. The van der Waals surface area contributed by atoms with Crippen LogP contribution in [0.25, 0.3) is 5.65 Å². The monoisotopic (exact) mass is 227 g/mol. The van der Waals surface area contributed by atoms with Gasteiger partial charge in [-0.15, -0.1) is 16.7 Å². The normalized spacial score (nSPS) is 10.7. The van der Waals surface area contributed by atoms with E-state index in [0.717, 1.165) is 13.0 Å². The van der Waals surface area contributed by atoms with E-state index >= 15 is 0 Å². The molecule has 0 saturated heterocycles. The van der Waals surface area contributed by atoms with E-state index in [1.807, 2.05) is 0 Å². The molecule has 2 heterocycles. The van der Waals surface area contributed by atoms with E-state index < -0.39 is 0 Å². The topological polar surface area (TPSA) is 75.1 Å². The summed E-state index contributed by atoms with van der Waals surface area (Å²) in [6.45, 7) is 0.731. The van der Waals surface area contributed by atoms with Crippen LogP contribution in [-0.2, 0) is 0 Å². The highest BCUT2D eigenvalue weighted by Gasteiger charge is 2.01. The Morgan fingerprint density at radius 2 is 2.40 bits per heavy atom. The van der Waals surface area contributed by atoms with Crippen LogP contribution in [0, 0.1) is 0 Å². The number of H-pyrrole nitrogens is 1. The minimum absolute atomic E-state index is 0.342. The summed E-state index contributed by atoms with van der Waals surface area (Å²) in [6.07, 6.45) is 0.849. The number of nitrogens with one attached hydrogen (secondary N) is 2. The molecule has 0 aliphatic rings.